The molecular weight excluding hydrogens is 140 g/mol. The predicted octanol–water partition coefficient (Wildman–Crippen LogP) is 2.15. The summed E-state index contributed by atoms with van der Waals surface area (Å²) in [6.07, 6.45) is 8.75. The first-order chi connectivity index (χ1) is 5.18. The molecule has 11 heavy (non-hydrogen) atoms. The summed E-state index contributed by atoms with van der Waals surface area (Å²) in [5.74, 6) is -0.880. The molecule has 0 aliphatic rings. The van der Waals surface area contributed by atoms with Gasteiger partial charge in [-0.1, -0.05) is 30.4 Å². The summed E-state index contributed by atoms with van der Waals surface area (Å²) in [7, 11) is 0. The summed E-state index contributed by atoms with van der Waals surface area (Å²) in [6.45, 7) is 3.46. The molecule has 0 radical (unpaired) electrons. The summed E-state index contributed by atoms with van der Waals surface area (Å²) in [4.78, 5) is 10.2. The van der Waals surface area contributed by atoms with E-state index < -0.39 is 5.97 Å². The van der Waals surface area contributed by atoms with Crippen molar-refractivity contribution in [3.8, 4) is 0 Å². The Morgan fingerprint density at radius 1 is 1.27 bits per heavy atom. The zero-order valence-corrected chi connectivity index (χ0v) is 6.74. The highest BCUT2D eigenvalue weighted by atomic mass is 16.4. The number of allylic oxidation sites excluding steroid dienone is 5. The summed E-state index contributed by atoms with van der Waals surface area (Å²) in [5.41, 5.74) is 0.339. The summed E-state index contributed by atoms with van der Waals surface area (Å²) in [5, 5.41) is 8.42. The minimum atomic E-state index is -0.880. The van der Waals surface area contributed by atoms with Crippen LogP contribution in [0.5, 0.6) is 0 Å². The maximum atomic E-state index is 10.2. The molecule has 60 valence electrons. The third-order valence-corrected chi connectivity index (χ3v) is 1.10. The van der Waals surface area contributed by atoms with Gasteiger partial charge in [0.2, 0.25) is 0 Å². The van der Waals surface area contributed by atoms with E-state index >= 15 is 0 Å². The van der Waals surface area contributed by atoms with Crippen LogP contribution in [0.25, 0.3) is 0 Å². The molecule has 1 N–H and O–H groups in total. The minimum absolute atomic E-state index is 0.339. The van der Waals surface area contributed by atoms with E-state index in [-0.39, 0.29) is 0 Å². The van der Waals surface area contributed by atoms with Gasteiger partial charge < -0.3 is 5.11 Å². The fourth-order valence-electron chi connectivity index (χ4n) is 0.446. The standard InChI is InChI=1S/C9H12O2/c1-3-4-5-6-7-8(2)9(10)11/h3-7H,1-2H3,(H,10,11)/b4-3+,6-5+,8-7+. The number of rotatable bonds is 3. The number of carboxylic acids is 1. The van der Waals surface area contributed by atoms with Gasteiger partial charge in [0.15, 0.2) is 0 Å². The van der Waals surface area contributed by atoms with E-state index in [0.717, 1.165) is 0 Å². The number of hydrogen-bond acceptors (Lipinski definition) is 1. The van der Waals surface area contributed by atoms with Crippen LogP contribution in [0.15, 0.2) is 36.0 Å². The molecule has 0 saturated carbocycles. The fourth-order valence-corrected chi connectivity index (χ4v) is 0.446. The Labute approximate surface area is 66.5 Å². The van der Waals surface area contributed by atoms with E-state index in [1.807, 2.05) is 19.1 Å². The van der Waals surface area contributed by atoms with Crippen molar-refractivity contribution in [2.45, 2.75) is 13.8 Å². The molecule has 0 unspecified atom stereocenters. The Balaban J connectivity index is 4.01. The Hall–Kier alpha value is -1.31. The monoisotopic (exact) mass is 152 g/mol. The average molecular weight is 152 g/mol. The van der Waals surface area contributed by atoms with Crippen molar-refractivity contribution in [2.24, 2.45) is 0 Å². The zero-order valence-electron chi connectivity index (χ0n) is 6.74. The predicted molar refractivity (Wildman–Crippen MR) is 45.3 cm³/mol. The highest BCUT2D eigenvalue weighted by Gasteiger charge is 1.94. The van der Waals surface area contributed by atoms with Crippen LogP contribution in [0.2, 0.25) is 0 Å². The van der Waals surface area contributed by atoms with Crippen molar-refractivity contribution in [3.05, 3.63) is 36.0 Å². The molecule has 0 atom stereocenters. The zero-order chi connectivity index (χ0) is 8.69. The lowest BCUT2D eigenvalue weighted by Crippen LogP contribution is -1.94. The molecule has 0 amide bonds. The van der Waals surface area contributed by atoms with Crippen LogP contribution >= 0.6 is 0 Å². The van der Waals surface area contributed by atoms with E-state index in [9.17, 15) is 4.79 Å². The highest BCUT2D eigenvalue weighted by molar-refractivity contribution is 5.86. The number of carbonyl (C=O) groups is 1. The van der Waals surface area contributed by atoms with Crippen LogP contribution in [-0.2, 0) is 4.79 Å². The lowest BCUT2D eigenvalue weighted by atomic mass is 10.3. The van der Waals surface area contributed by atoms with E-state index in [0.29, 0.717) is 5.57 Å². The molecule has 0 aromatic rings. The summed E-state index contributed by atoms with van der Waals surface area (Å²) in [6, 6.07) is 0. The van der Waals surface area contributed by atoms with Crippen LogP contribution in [0.3, 0.4) is 0 Å². The quantitative estimate of drug-likeness (QED) is 0.497. The topological polar surface area (TPSA) is 37.3 Å². The molecule has 2 heteroatoms. The minimum Gasteiger partial charge on any atom is -0.478 e. The molecule has 0 saturated heterocycles. The highest BCUT2D eigenvalue weighted by Crippen LogP contribution is 1.92. The van der Waals surface area contributed by atoms with E-state index in [1.165, 1.54) is 0 Å². The van der Waals surface area contributed by atoms with Crippen LogP contribution in [-0.4, -0.2) is 11.1 Å². The molecule has 0 fully saturated rings. The Kier molecular flexibility index (Phi) is 4.82. The van der Waals surface area contributed by atoms with E-state index in [2.05, 4.69) is 0 Å². The van der Waals surface area contributed by atoms with Gasteiger partial charge in [-0.2, -0.15) is 0 Å². The number of hydrogen-bond donors (Lipinski definition) is 1. The Bertz CT molecular complexity index is 210. The van der Waals surface area contributed by atoms with Crippen molar-refractivity contribution in [2.75, 3.05) is 0 Å². The first-order valence-electron chi connectivity index (χ1n) is 3.38. The van der Waals surface area contributed by atoms with E-state index in [1.54, 1.807) is 25.2 Å². The fraction of sp³-hybridized carbons (Fsp3) is 0.222. The number of carboxylic acid groups (broad SMARTS) is 1. The molecule has 0 aliphatic heterocycles. The van der Waals surface area contributed by atoms with Crippen LogP contribution < -0.4 is 0 Å². The maximum Gasteiger partial charge on any atom is 0.331 e. The second-order valence-corrected chi connectivity index (χ2v) is 2.07. The van der Waals surface area contributed by atoms with Gasteiger partial charge in [0, 0.05) is 5.57 Å². The summed E-state index contributed by atoms with van der Waals surface area (Å²) >= 11 is 0. The Morgan fingerprint density at radius 2 is 1.91 bits per heavy atom. The second kappa shape index (κ2) is 5.47. The van der Waals surface area contributed by atoms with Crippen molar-refractivity contribution in [3.63, 3.8) is 0 Å². The van der Waals surface area contributed by atoms with Crippen LogP contribution in [0, 0.1) is 0 Å². The van der Waals surface area contributed by atoms with Crippen LogP contribution in [0.4, 0.5) is 0 Å². The van der Waals surface area contributed by atoms with Crippen LogP contribution in [0.1, 0.15) is 13.8 Å². The Morgan fingerprint density at radius 3 is 2.36 bits per heavy atom. The van der Waals surface area contributed by atoms with Crippen molar-refractivity contribution in [1.82, 2.24) is 0 Å². The molecule has 0 bridgehead atoms. The molecule has 0 rings (SSSR count). The van der Waals surface area contributed by atoms with Gasteiger partial charge in [-0.15, -0.1) is 0 Å². The molecule has 0 aromatic heterocycles. The molecule has 2 nitrogen and oxygen atoms in total. The van der Waals surface area contributed by atoms with Gasteiger partial charge in [-0.25, -0.2) is 4.79 Å². The van der Waals surface area contributed by atoms with Gasteiger partial charge in [0.1, 0.15) is 0 Å². The lowest BCUT2D eigenvalue weighted by Gasteiger charge is -1.86. The normalized spacial score (nSPS) is 13.1. The van der Waals surface area contributed by atoms with Crippen molar-refractivity contribution in [1.29, 1.82) is 0 Å². The third kappa shape index (κ3) is 5.15. The first-order valence-corrected chi connectivity index (χ1v) is 3.38. The molecule has 0 aliphatic carbocycles. The molecule has 0 spiro atoms. The molecule has 0 heterocycles. The van der Waals surface area contributed by atoms with Gasteiger partial charge in [-0.3, -0.25) is 0 Å². The van der Waals surface area contributed by atoms with Gasteiger partial charge in [0.25, 0.3) is 0 Å². The van der Waals surface area contributed by atoms with Crippen molar-refractivity contribution >= 4 is 5.97 Å². The maximum absolute atomic E-state index is 10.2. The van der Waals surface area contributed by atoms with Gasteiger partial charge in [-0.05, 0) is 13.8 Å². The van der Waals surface area contributed by atoms with Gasteiger partial charge in [0.05, 0.1) is 0 Å². The molecular formula is C9H12O2. The van der Waals surface area contributed by atoms with E-state index in [4.69, 9.17) is 5.11 Å². The number of aliphatic carboxylic acids is 1. The second-order valence-electron chi connectivity index (χ2n) is 2.07. The average Bonchev–Trinajstić information content (AvgIpc) is 1.97. The SMILES string of the molecule is C/C=C/C=C/C=C(\C)C(=O)O. The smallest absolute Gasteiger partial charge is 0.331 e. The first kappa shape index (κ1) is 9.69. The lowest BCUT2D eigenvalue weighted by molar-refractivity contribution is -0.132. The molecule has 0 aromatic carbocycles. The largest absolute Gasteiger partial charge is 0.478 e. The van der Waals surface area contributed by atoms with Gasteiger partial charge >= 0.3 is 5.97 Å². The third-order valence-electron chi connectivity index (χ3n) is 1.10. The summed E-state index contributed by atoms with van der Waals surface area (Å²) < 4.78 is 0. The van der Waals surface area contributed by atoms with Crippen molar-refractivity contribution < 1.29 is 9.90 Å².